The molecular weight excluding hydrogens is 705 g/mol. The van der Waals surface area contributed by atoms with E-state index in [2.05, 4.69) is 205 Å². The van der Waals surface area contributed by atoms with Crippen molar-refractivity contribution in [3.63, 3.8) is 0 Å². The number of para-hydroxylation sites is 1. The van der Waals surface area contributed by atoms with Crippen LogP contribution >= 0.6 is 22.7 Å². The van der Waals surface area contributed by atoms with Crippen LogP contribution in [0.25, 0.3) is 53.5 Å². The van der Waals surface area contributed by atoms with E-state index in [4.69, 9.17) is 0 Å². The molecule has 2 aromatic heterocycles. The molecule has 0 spiro atoms. The Morgan fingerprint density at radius 1 is 0.600 bits per heavy atom. The molecule has 6 aromatic carbocycles. The van der Waals surface area contributed by atoms with E-state index in [1.165, 1.54) is 57.5 Å². The van der Waals surface area contributed by atoms with Gasteiger partial charge in [0.05, 0.1) is 20.8 Å². The second-order valence-electron chi connectivity index (χ2n) is 13.6. The summed E-state index contributed by atoms with van der Waals surface area (Å²) in [5.41, 5.74) is 10.5. The van der Waals surface area contributed by atoms with Gasteiger partial charge in [0, 0.05) is 54.1 Å². The Labute approximate surface area is 331 Å². The summed E-state index contributed by atoms with van der Waals surface area (Å²) in [5, 5.41) is 3.86. The first-order valence-electron chi connectivity index (χ1n) is 18.9. The molecule has 8 aromatic rings. The quantitative estimate of drug-likeness (QED) is 0.138. The molecule has 2 nitrogen and oxygen atoms in total. The lowest BCUT2D eigenvalue weighted by Crippen LogP contribution is -2.15. The van der Waals surface area contributed by atoms with Crippen molar-refractivity contribution in [3.8, 4) is 11.1 Å². The highest BCUT2D eigenvalue weighted by molar-refractivity contribution is 7.26. The molecule has 0 aliphatic heterocycles. The van der Waals surface area contributed by atoms with Crippen LogP contribution in [0, 0.1) is 0 Å². The molecule has 0 unspecified atom stereocenters. The van der Waals surface area contributed by atoms with Gasteiger partial charge in [-0.3, -0.25) is 0 Å². The normalized spacial score (nSPS) is 12.8. The van der Waals surface area contributed by atoms with Crippen LogP contribution in [0.2, 0.25) is 0 Å². The molecule has 0 bridgehead atoms. The van der Waals surface area contributed by atoms with Crippen molar-refractivity contribution in [2.45, 2.75) is 19.8 Å². The smallest absolute Gasteiger partial charge is 0.0640 e. The van der Waals surface area contributed by atoms with Crippen LogP contribution < -0.4 is 9.80 Å². The Hall–Kier alpha value is -6.20. The zero-order valence-electron chi connectivity index (χ0n) is 30.7. The topological polar surface area (TPSA) is 6.48 Å². The first-order chi connectivity index (χ1) is 27.2. The van der Waals surface area contributed by atoms with Gasteiger partial charge in [-0.15, -0.1) is 22.7 Å². The summed E-state index contributed by atoms with van der Waals surface area (Å²) < 4.78 is 3.85. The molecule has 0 amide bonds. The van der Waals surface area contributed by atoms with Crippen molar-refractivity contribution in [1.29, 1.82) is 0 Å². The van der Waals surface area contributed by atoms with Crippen molar-refractivity contribution in [2.75, 3.05) is 9.80 Å². The van der Waals surface area contributed by atoms with Crippen LogP contribution in [0.3, 0.4) is 0 Å². The number of anilines is 5. The largest absolute Gasteiger partial charge is 0.309 e. The summed E-state index contributed by atoms with van der Waals surface area (Å²) in [7, 11) is 0. The summed E-state index contributed by atoms with van der Waals surface area (Å²) in [6.45, 7) is 6.33. The monoisotopic (exact) mass is 744 g/mol. The maximum Gasteiger partial charge on any atom is 0.0640 e. The maximum atomic E-state index is 4.15. The van der Waals surface area contributed by atoms with Gasteiger partial charge in [-0.25, -0.2) is 0 Å². The molecule has 0 atom stereocenters. The van der Waals surface area contributed by atoms with Crippen LogP contribution in [-0.4, -0.2) is 0 Å². The fourth-order valence-corrected chi connectivity index (χ4v) is 9.89. The number of thiophene rings is 2. The van der Waals surface area contributed by atoms with Gasteiger partial charge in [-0.1, -0.05) is 135 Å². The first kappa shape index (κ1) is 34.6. The number of rotatable bonds is 10. The number of allylic oxidation sites excluding steroid dienone is 6. The van der Waals surface area contributed by atoms with Crippen molar-refractivity contribution in [3.05, 3.63) is 199 Å². The highest BCUT2D eigenvalue weighted by atomic mass is 32.1. The Morgan fingerprint density at radius 2 is 1.22 bits per heavy atom. The molecule has 9 rings (SSSR count). The van der Waals surface area contributed by atoms with Crippen LogP contribution in [-0.2, 0) is 0 Å². The summed E-state index contributed by atoms with van der Waals surface area (Å²) >= 11 is 3.67. The molecule has 266 valence electrons. The third-order valence-electron chi connectivity index (χ3n) is 10.2. The molecular formula is C51H40N2S2. The van der Waals surface area contributed by atoms with Crippen LogP contribution in [0.15, 0.2) is 188 Å². The molecule has 0 saturated carbocycles. The van der Waals surface area contributed by atoms with Crippen molar-refractivity contribution >= 4 is 93.5 Å². The molecule has 2 heterocycles. The number of hydrogen-bond acceptors (Lipinski definition) is 4. The molecule has 4 heteroatoms. The van der Waals surface area contributed by atoms with Gasteiger partial charge in [0.15, 0.2) is 0 Å². The van der Waals surface area contributed by atoms with E-state index in [0.717, 1.165) is 41.3 Å². The number of nitrogens with zero attached hydrogens (tertiary/aromatic N) is 2. The number of hydrogen-bond donors (Lipinski definition) is 0. The average molecular weight is 745 g/mol. The van der Waals surface area contributed by atoms with Gasteiger partial charge in [-0.2, -0.15) is 0 Å². The zero-order chi connectivity index (χ0) is 37.1. The number of benzene rings is 6. The van der Waals surface area contributed by atoms with E-state index in [0.29, 0.717) is 0 Å². The SMILES string of the molecule is C=Cc1sc2c(N(c3ccccc3)c3ccc(-c4ccc(N(C5=CC=CCC=C5)c5cccc6c5sc5ccccc56)cc4)cc3)cccc2c1/C=C\CC. The average Bonchev–Trinajstić information content (AvgIpc) is 3.69. The fraction of sp³-hybridized carbons (Fsp3) is 0.0588. The molecule has 1 aliphatic rings. The van der Waals surface area contributed by atoms with E-state index in [-0.39, 0.29) is 0 Å². The van der Waals surface area contributed by atoms with E-state index in [1.54, 1.807) is 0 Å². The number of fused-ring (bicyclic) bond motifs is 4. The Morgan fingerprint density at radius 3 is 1.95 bits per heavy atom. The summed E-state index contributed by atoms with van der Waals surface area (Å²) in [4.78, 5) is 5.97. The van der Waals surface area contributed by atoms with Gasteiger partial charge >= 0.3 is 0 Å². The molecule has 0 saturated heterocycles. The third-order valence-corrected chi connectivity index (χ3v) is 12.6. The summed E-state index contributed by atoms with van der Waals surface area (Å²) in [6, 6.07) is 50.7. The molecule has 0 N–H and O–H groups in total. The lowest BCUT2D eigenvalue weighted by molar-refractivity contribution is 1.22. The first-order valence-corrected chi connectivity index (χ1v) is 20.5. The van der Waals surface area contributed by atoms with Gasteiger partial charge in [0.25, 0.3) is 0 Å². The molecule has 1 aliphatic carbocycles. The van der Waals surface area contributed by atoms with Crippen molar-refractivity contribution < 1.29 is 0 Å². The van der Waals surface area contributed by atoms with E-state index < -0.39 is 0 Å². The minimum atomic E-state index is 0.924. The van der Waals surface area contributed by atoms with Crippen LogP contribution in [0.5, 0.6) is 0 Å². The Bertz CT molecular complexity index is 2780. The van der Waals surface area contributed by atoms with Gasteiger partial charge < -0.3 is 9.80 Å². The lowest BCUT2D eigenvalue weighted by Gasteiger charge is -2.27. The van der Waals surface area contributed by atoms with Crippen molar-refractivity contribution in [2.24, 2.45) is 0 Å². The standard InChI is InChI=1S/C51H40N2S2/c1-3-5-21-42-44-23-15-25-46(50(44)54-48(42)4-2)52(39-19-11-8-12-20-39)40-32-28-36(29-33-40)37-30-34-41(35-31-37)53(38-17-9-6-7-10-18-38)47-26-16-24-45-43-22-13-14-27-49(43)55-51(45)47/h4-6,8-35H,2-3,7H2,1H3/b21-5-. The van der Waals surface area contributed by atoms with Gasteiger partial charge in [-0.05, 0) is 90.7 Å². The van der Waals surface area contributed by atoms with E-state index in [9.17, 15) is 0 Å². The molecule has 0 radical (unpaired) electrons. The minimum Gasteiger partial charge on any atom is -0.309 e. The Balaban J connectivity index is 1.09. The second-order valence-corrected chi connectivity index (χ2v) is 15.7. The second kappa shape index (κ2) is 15.3. The maximum absolute atomic E-state index is 4.15. The fourth-order valence-electron chi connectivity index (χ4n) is 7.54. The summed E-state index contributed by atoms with van der Waals surface area (Å²) in [5.74, 6) is 0. The van der Waals surface area contributed by atoms with Crippen LogP contribution in [0.1, 0.15) is 30.2 Å². The van der Waals surface area contributed by atoms with Crippen molar-refractivity contribution in [1.82, 2.24) is 0 Å². The van der Waals surface area contributed by atoms with E-state index in [1.807, 2.05) is 28.7 Å². The molecule has 55 heavy (non-hydrogen) atoms. The van der Waals surface area contributed by atoms with Gasteiger partial charge in [0.2, 0.25) is 0 Å². The minimum absolute atomic E-state index is 0.924. The molecule has 0 fully saturated rings. The third kappa shape index (κ3) is 6.54. The highest BCUT2D eigenvalue weighted by Crippen LogP contribution is 2.46. The van der Waals surface area contributed by atoms with Crippen LogP contribution in [0.4, 0.5) is 28.4 Å². The zero-order valence-corrected chi connectivity index (χ0v) is 32.4. The summed E-state index contributed by atoms with van der Waals surface area (Å²) in [6.07, 6.45) is 19.5. The van der Waals surface area contributed by atoms with E-state index >= 15 is 0 Å². The predicted octanol–water partition coefficient (Wildman–Crippen LogP) is 16.0. The lowest BCUT2D eigenvalue weighted by atomic mass is 10.0. The highest BCUT2D eigenvalue weighted by Gasteiger charge is 2.21. The Kier molecular flexibility index (Phi) is 9.60. The van der Waals surface area contributed by atoms with Gasteiger partial charge in [0.1, 0.15) is 0 Å². The predicted molar refractivity (Wildman–Crippen MR) is 244 cm³/mol.